The Morgan fingerprint density at radius 1 is 1.32 bits per heavy atom. The lowest BCUT2D eigenvalue weighted by Crippen LogP contribution is -2.36. The average Bonchev–Trinajstić information content (AvgIpc) is 2.50. The molecule has 1 amide bonds. The number of thioether (sulfide) groups is 1. The molecule has 3 rings (SSSR count). The van der Waals surface area contributed by atoms with Crippen LogP contribution in [0.15, 0.2) is 47.4 Å². The lowest BCUT2D eigenvalue weighted by molar-refractivity contribution is -0.115. The van der Waals surface area contributed by atoms with Crippen LogP contribution in [0.2, 0.25) is 5.02 Å². The van der Waals surface area contributed by atoms with Crippen molar-refractivity contribution in [2.45, 2.75) is 4.90 Å². The third-order valence-electron chi connectivity index (χ3n) is 3.36. The monoisotopic (exact) mass is 336 g/mol. The molecule has 3 nitrogen and oxygen atoms in total. The van der Waals surface area contributed by atoms with Crippen LogP contribution in [0, 0.1) is 5.82 Å². The van der Waals surface area contributed by atoms with Crippen LogP contribution in [0.4, 0.5) is 15.8 Å². The summed E-state index contributed by atoms with van der Waals surface area (Å²) in [6.07, 6.45) is 0. The molecule has 1 aliphatic rings. The zero-order valence-corrected chi connectivity index (χ0v) is 13.3. The average molecular weight is 337 g/mol. The smallest absolute Gasteiger partial charge is 0.243 e. The van der Waals surface area contributed by atoms with Gasteiger partial charge in [-0.3, -0.25) is 4.79 Å². The molecule has 2 aromatic carbocycles. The number of hydrogen-bond acceptors (Lipinski definition) is 3. The third kappa shape index (κ3) is 3.36. The van der Waals surface area contributed by atoms with Crippen molar-refractivity contribution in [3.05, 3.63) is 53.3 Å². The van der Waals surface area contributed by atoms with E-state index in [0.29, 0.717) is 5.69 Å². The molecule has 6 heteroatoms. The van der Waals surface area contributed by atoms with Gasteiger partial charge in [0, 0.05) is 17.2 Å². The van der Waals surface area contributed by atoms with Crippen LogP contribution in [-0.2, 0) is 4.79 Å². The predicted octanol–water partition coefficient (Wildman–Crippen LogP) is 4.03. The molecule has 0 saturated carbocycles. The first-order valence-electron chi connectivity index (χ1n) is 6.85. The molecule has 0 atom stereocenters. The number of carbonyl (C=O) groups excluding carboxylic acids is 1. The van der Waals surface area contributed by atoms with E-state index in [2.05, 4.69) is 11.4 Å². The van der Waals surface area contributed by atoms with Gasteiger partial charge in [0.25, 0.3) is 0 Å². The second kappa shape index (κ2) is 6.58. The van der Waals surface area contributed by atoms with Crippen molar-refractivity contribution in [1.29, 1.82) is 0 Å². The molecule has 114 valence electrons. The number of amides is 1. The quantitative estimate of drug-likeness (QED) is 0.918. The summed E-state index contributed by atoms with van der Waals surface area (Å²) in [7, 11) is 0. The van der Waals surface area contributed by atoms with Crippen molar-refractivity contribution in [3.63, 3.8) is 0 Å². The number of rotatable bonds is 3. The number of hydrogen-bond donors (Lipinski definition) is 1. The van der Waals surface area contributed by atoms with Crippen molar-refractivity contribution in [2.24, 2.45) is 0 Å². The van der Waals surface area contributed by atoms with Crippen LogP contribution >= 0.6 is 23.4 Å². The van der Waals surface area contributed by atoms with Gasteiger partial charge in [-0.1, -0.05) is 23.7 Å². The van der Waals surface area contributed by atoms with Gasteiger partial charge in [-0.05, 0) is 30.3 Å². The third-order valence-corrected chi connectivity index (χ3v) is 4.72. The maximum atomic E-state index is 13.0. The summed E-state index contributed by atoms with van der Waals surface area (Å²) in [5, 5.41) is 2.93. The number of para-hydroxylation sites is 1. The first-order valence-corrected chi connectivity index (χ1v) is 8.21. The Kier molecular flexibility index (Phi) is 4.55. The SMILES string of the molecule is O=C(CN1CCSc2ccccc21)Nc1ccc(F)cc1Cl. The Morgan fingerprint density at radius 3 is 2.95 bits per heavy atom. The predicted molar refractivity (Wildman–Crippen MR) is 89.4 cm³/mol. The van der Waals surface area contributed by atoms with E-state index in [1.54, 1.807) is 11.8 Å². The molecule has 0 spiro atoms. The number of anilines is 2. The minimum absolute atomic E-state index is 0.171. The minimum atomic E-state index is -0.426. The van der Waals surface area contributed by atoms with Crippen LogP contribution in [0.1, 0.15) is 0 Å². The second-order valence-electron chi connectivity index (χ2n) is 4.91. The van der Waals surface area contributed by atoms with Crippen molar-refractivity contribution in [1.82, 2.24) is 0 Å². The number of fused-ring (bicyclic) bond motifs is 1. The number of halogens is 2. The van der Waals surface area contributed by atoms with E-state index in [9.17, 15) is 9.18 Å². The van der Waals surface area contributed by atoms with E-state index in [1.807, 2.05) is 23.1 Å². The summed E-state index contributed by atoms with van der Waals surface area (Å²) in [4.78, 5) is 15.4. The largest absolute Gasteiger partial charge is 0.360 e. The molecule has 0 fully saturated rings. The van der Waals surface area contributed by atoms with Gasteiger partial charge in [0.15, 0.2) is 0 Å². The first-order chi connectivity index (χ1) is 10.6. The molecule has 0 aliphatic carbocycles. The molecule has 0 aromatic heterocycles. The zero-order valence-electron chi connectivity index (χ0n) is 11.7. The van der Waals surface area contributed by atoms with Crippen LogP contribution < -0.4 is 10.2 Å². The summed E-state index contributed by atoms with van der Waals surface area (Å²) in [5.74, 6) is 0.349. The Balaban J connectivity index is 1.70. The highest BCUT2D eigenvalue weighted by Gasteiger charge is 2.19. The van der Waals surface area contributed by atoms with Gasteiger partial charge < -0.3 is 10.2 Å². The number of nitrogens with zero attached hydrogens (tertiary/aromatic N) is 1. The standard InChI is InChI=1S/C16H14ClFN2OS/c17-12-9-11(18)5-6-13(12)19-16(21)10-20-7-8-22-15-4-2-1-3-14(15)20/h1-6,9H,7-8,10H2,(H,19,21). The fourth-order valence-corrected chi connectivity index (χ4v) is 3.61. The van der Waals surface area contributed by atoms with E-state index in [-0.39, 0.29) is 17.5 Å². The molecule has 1 heterocycles. The topological polar surface area (TPSA) is 32.3 Å². The normalized spacial score (nSPS) is 13.6. The summed E-state index contributed by atoms with van der Waals surface area (Å²) in [5.41, 5.74) is 1.49. The molecule has 0 unspecified atom stereocenters. The molecule has 0 radical (unpaired) electrons. The maximum Gasteiger partial charge on any atom is 0.243 e. The highest BCUT2D eigenvalue weighted by atomic mass is 35.5. The Bertz CT molecular complexity index is 710. The molecule has 22 heavy (non-hydrogen) atoms. The van der Waals surface area contributed by atoms with Gasteiger partial charge >= 0.3 is 0 Å². The van der Waals surface area contributed by atoms with Crippen molar-refractivity contribution in [2.75, 3.05) is 29.1 Å². The van der Waals surface area contributed by atoms with E-state index in [1.165, 1.54) is 23.1 Å². The van der Waals surface area contributed by atoms with Crippen LogP contribution in [0.25, 0.3) is 0 Å². The molecule has 0 bridgehead atoms. The lowest BCUT2D eigenvalue weighted by Gasteiger charge is -2.30. The first kappa shape index (κ1) is 15.2. The van der Waals surface area contributed by atoms with Crippen LogP contribution in [-0.4, -0.2) is 24.7 Å². The van der Waals surface area contributed by atoms with E-state index in [4.69, 9.17) is 11.6 Å². The van der Waals surface area contributed by atoms with E-state index in [0.717, 1.165) is 18.0 Å². The minimum Gasteiger partial charge on any atom is -0.360 e. The van der Waals surface area contributed by atoms with E-state index >= 15 is 0 Å². The summed E-state index contributed by atoms with van der Waals surface area (Å²) < 4.78 is 13.0. The maximum absolute atomic E-state index is 13.0. The van der Waals surface area contributed by atoms with Gasteiger partial charge in [0.2, 0.25) is 5.91 Å². The highest BCUT2D eigenvalue weighted by molar-refractivity contribution is 7.99. The van der Waals surface area contributed by atoms with Gasteiger partial charge in [0.1, 0.15) is 5.82 Å². The summed E-state index contributed by atoms with van der Waals surface area (Å²) in [6.45, 7) is 1.05. The molecular formula is C16H14ClFN2OS. The van der Waals surface area contributed by atoms with Crippen molar-refractivity contribution < 1.29 is 9.18 Å². The molecule has 0 saturated heterocycles. The molecule has 2 aromatic rings. The van der Waals surface area contributed by atoms with Crippen molar-refractivity contribution >= 4 is 40.6 Å². The fourth-order valence-electron chi connectivity index (χ4n) is 2.34. The lowest BCUT2D eigenvalue weighted by atomic mass is 10.2. The Labute approximate surface area is 137 Å². The summed E-state index contributed by atoms with van der Waals surface area (Å²) in [6, 6.07) is 12.0. The summed E-state index contributed by atoms with van der Waals surface area (Å²) >= 11 is 7.72. The number of carbonyl (C=O) groups is 1. The fraction of sp³-hybridized carbons (Fsp3) is 0.188. The van der Waals surface area contributed by atoms with Gasteiger partial charge in [-0.2, -0.15) is 0 Å². The molecule has 1 N–H and O–H groups in total. The Morgan fingerprint density at radius 2 is 2.14 bits per heavy atom. The molecular weight excluding hydrogens is 323 g/mol. The van der Waals surface area contributed by atoms with Crippen LogP contribution in [0.3, 0.4) is 0 Å². The highest BCUT2D eigenvalue weighted by Crippen LogP contribution is 2.34. The second-order valence-corrected chi connectivity index (χ2v) is 6.45. The molecule has 1 aliphatic heterocycles. The van der Waals surface area contributed by atoms with Gasteiger partial charge in [0.05, 0.1) is 22.9 Å². The Hall–Kier alpha value is -1.72. The number of benzene rings is 2. The van der Waals surface area contributed by atoms with E-state index < -0.39 is 5.82 Å². The number of nitrogens with one attached hydrogen (secondary N) is 1. The zero-order chi connectivity index (χ0) is 15.5. The van der Waals surface area contributed by atoms with Gasteiger partial charge in [-0.25, -0.2) is 4.39 Å². The van der Waals surface area contributed by atoms with Gasteiger partial charge in [-0.15, -0.1) is 11.8 Å². The van der Waals surface area contributed by atoms with Crippen molar-refractivity contribution in [3.8, 4) is 0 Å². The van der Waals surface area contributed by atoms with Crippen LogP contribution in [0.5, 0.6) is 0 Å².